The molecule has 5 saturated carbocycles. The van der Waals surface area contributed by atoms with Crippen LogP contribution >= 0.6 is 0 Å². The molecular weight excluding hydrogens is 755 g/mol. The number of aliphatic hydroxyl groups excluding tert-OH is 2. The molecule has 1 spiro atoms. The highest BCUT2D eigenvalue weighted by Gasteiger charge is 2.92. The van der Waals surface area contributed by atoms with Crippen molar-refractivity contribution in [1.82, 2.24) is 4.90 Å². The Morgan fingerprint density at radius 1 is 0.864 bits per heavy atom. The Bertz CT molecular complexity index is 1630. The van der Waals surface area contributed by atoms with E-state index in [1.807, 2.05) is 13.1 Å². The third-order valence-electron chi connectivity index (χ3n) is 16.0. The number of esters is 2. The largest absolute Gasteiger partial charge is 0.455 e. The lowest BCUT2D eigenvalue weighted by molar-refractivity contribution is -0.321. The van der Waals surface area contributed by atoms with Crippen molar-refractivity contribution in [3.8, 4) is 0 Å². The van der Waals surface area contributed by atoms with Gasteiger partial charge in [0.05, 0.1) is 30.5 Å². The average Bonchev–Trinajstić information content (AvgIpc) is 3.62. The number of piperidine rings is 1. The summed E-state index contributed by atoms with van der Waals surface area (Å²) in [4.78, 5) is 30.7. The molecule has 1 saturated heterocycles. The highest BCUT2D eigenvalue weighted by Crippen LogP contribution is 2.80. The molecule has 6 fully saturated rings. The van der Waals surface area contributed by atoms with Gasteiger partial charge in [-0.3, -0.25) is 4.79 Å². The van der Waals surface area contributed by atoms with E-state index in [-0.39, 0.29) is 31.4 Å². The molecule has 7 rings (SSSR count). The fourth-order valence-electron chi connectivity index (χ4n) is 14.2. The molecule has 12 nitrogen and oxygen atoms in total. The molecule has 7 bridgehead atoms. The lowest BCUT2D eigenvalue weighted by atomic mass is 9.42. The molecule has 1 heterocycles. The number of likely N-dealkylation sites (tertiary alicyclic amines) is 1. The second-order valence-corrected chi connectivity index (χ2v) is 18.8. The first-order valence-corrected chi connectivity index (χ1v) is 22.5. The Labute approximate surface area is 351 Å². The Kier molecular flexibility index (Phi) is 13.7. The summed E-state index contributed by atoms with van der Waals surface area (Å²) in [6.07, 6.45) is 11.2. The molecule has 1 aromatic rings. The van der Waals surface area contributed by atoms with Crippen LogP contribution in [0.3, 0.4) is 0 Å². The Balaban J connectivity index is 1.23. The number of benzene rings is 1. The van der Waals surface area contributed by atoms with E-state index in [9.17, 15) is 24.9 Å². The van der Waals surface area contributed by atoms with E-state index in [0.29, 0.717) is 24.9 Å². The van der Waals surface area contributed by atoms with Crippen molar-refractivity contribution in [1.29, 1.82) is 0 Å². The molecule has 0 unspecified atom stereocenters. The third kappa shape index (κ3) is 6.94. The topological polar surface area (TPSA) is 153 Å². The van der Waals surface area contributed by atoms with Crippen LogP contribution in [0.1, 0.15) is 107 Å². The first-order chi connectivity index (χ1) is 28.5. The van der Waals surface area contributed by atoms with Gasteiger partial charge in [-0.05, 0) is 63.6 Å². The van der Waals surface area contributed by atoms with Crippen LogP contribution in [0.25, 0.3) is 0 Å². The normalized spacial score (nSPS) is 41.7. The number of carbonyl (C=O) groups is 2. The lowest BCUT2D eigenvalue weighted by Gasteiger charge is -2.70. The Morgan fingerprint density at radius 2 is 1.54 bits per heavy atom. The number of rotatable bonds is 21. The lowest BCUT2D eigenvalue weighted by Crippen LogP contribution is -2.81. The number of unbranched alkanes of at least 4 members (excludes halogenated alkanes) is 9. The number of carbonyl (C=O) groups excluding carboxylic acids is 2. The summed E-state index contributed by atoms with van der Waals surface area (Å²) in [5, 5.41) is 38.1. The number of ether oxygens (including phenoxy) is 6. The van der Waals surface area contributed by atoms with Gasteiger partial charge in [0.1, 0.15) is 23.9 Å². The first-order valence-electron chi connectivity index (χ1n) is 22.5. The van der Waals surface area contributed by atoms with Gasteiger partial charge >= 0.3 is 11.9 Å². The number of allylic oxidation sites excluding steroid dienone is 2. The SMILES string of the molecule is CCCCCC/C=C\CCCCCCCC(=O)O[C@]12[C@H]3[C@@H](OC(=O)c4ccccc4)[C@@](O)(C[C@H]3[C@@]34[C@@H](OC)C[C@@H](O)[C@@]5(COC)CN(C)[C@@H]3[C@@H]1[C@H](OC)[C@H]54)[C@@H](OC)[C@@H]2O. The van der Waals surface area contributed by atoms with Crippen molar-refractivity contribution in [2.75, 3.05) is 48.6 Å². The van der Waals surface area contributed by atoms with Crippen molar-refractivity contribution in [2.45, 2.75) is 151 Å². The summed E-state index contributed by atoms with van der Waals surface area (Å²) in [6.45, 7) is 2.94. The molecule has 0 aromatic heterocycles. The van der Waals surface area contributed by atoms with E-state index in [0.717, 1.165) is 38.5 Å². The van der Waals surface area contributed by atoms with Crippen molar-refractivity contribution in [2.24, 2.45) is 34.5 Å². The summed E-state index contributed by atoms with van der Waals surface area (Å²) in [7, 11) is 8.37. The van der Waals surface area contributed by atoms with Gasteiger partial charge in [0.15, 0.2) is 5.60 Å². The van der Waals surface area contributed by atoms with Crippen LogP contribution in [0.2, 0.25) is 0 Å². The summed E-state index contributed by atoms with van der Waals surface area (Å²) in [5.41, 5.74) is -4.85. The van der Waals surface area contributed by atoms with Crippen LogP contribution in [-0.4, -0.2) is 135 Å². The van der Waals surface area contributed by atoms with Gasteiger partial charge < -0.3 is 48.6 Å². The minimum atomic E-state index is -1.85. The second kappa shape index (κ2) is 18.1. The number of methoxy groups -OCH3 is 4. The standard InChI is InChI=1S/C47H71NO11/c1-7-8-9-10-11-12-13-14-15-16-17-18-22-25-34(50)59-47-35-31(27-45(53,42(57-6)40(47)51)41(35)58-43(52)30-23-20-19-21-24-30)46-33(55-4)26-32(49)44(29-54-3)28-48(2)39(46)36(47)37(56-5)38(44)46/h12-13,19-21,23-24,31-33,35-42,49,51,53H,7-11,14-18,22,25-29H2,1-6H3/b13-12-/t31-,32-,33+,35-,36+,37+,38-,39-,40+,41-,42+,44+,45+,46+,47-/m1/s1. The fourth-order valence-corrected chi connectivity index (χ4v) is 14.2. The van der Waals surface area contributed by atoms with Crippen molar-refractivity contribution in [3.63, 3.8) is 0 Å². The van der Waals surface area contributed by atoms with Crippen LogP contribution < -0.4 is 0 Å². The number of nitrogens with zero attached hydrogens (tertiary/aromatic N) is 1. The number of hydrogen-bond acceptors (Lipinski definition) is 12. The van der Waals surface area contributed by atoms with Gasteiger partial charge in [0.2, 0.25) is 0 Å². The van der Waals surface area contributed by atoms with E-state index in [1.165, 1.54) is 32.8 Å². The van der Waals surface area contributed by atoms with E-state index in [1.54, 1.807) is 45.6 Å². The van der Waals surface area contributed by atoms with Gasteiger partial charge in [0, 0.05) is 82.5 Å². The molecule has 0 amide bonds. The van der Waals surface area contributed by atoms with Gasteiger partial charge in [0.25, 0.3) is 0 Å². The van der Waals surface area contributed by atoms with Gasteiger partial charge in [-0.25, -0.2) is 4.79 Å². The second-order valence-electron chi connectivity index (χ2n) is 18.8. The maximum absolute atomic E-state index is 14.5. The highest BCUT2D eigenvalue weighted by molar-refractivity contribution is 5.89. The molecule has 59 heavy (non-hydrogen) atoms. The van der Waals surface area contributed by atoms with Crippen molar-refractivity contribution >= 4 is 11.9 Å². The van der Waals surface area contributed by atoms with Crippen LogP contribution in [0.5, 0.6) is 0 Å². The number of hydrogen-bond donors (Lipinski definition) is 3. The smallest absolute Gasteiger partial charge is 0.338 e. The predicted octanol–water partition coefficient (Wildman–Crippen LogP) is 5.50. The van der Waals surface area contributed by atoms with E-state index in [4.69, 9.17) is 28.4 Å². The van der Waals surface area contributed by atoms with Crippen molar-refractivity contribution in [3.05, 3.63) is 48.0 Å². The van der Waals surface area contributed by atoms with E-state index in [2.05, 4.69) is 24.0 Å². The van der Waals surface area contributed by atoms with E-state index >= 15 is 0 Å². The molecular formula is C47H71NO11. The monoisotopic (exact) mass is 826 g/mol. The minimum absolute atomic E-state index is 0.0797. The number of fused-ring (bicyclic) bond motifs is 2. The molecule has 12 heteroatoms. The molecule has 330 valence electrons. The van der Waals surface area contributed by atoms with E-state index < -0.39 is 88.3 Å². The zero-order chi connectivity index (χ0) is 42.2. The summed E-state index contributed by atoms with van der Waals surface area (Å²) < 4.78 is 38.4. The van der Waals surface area contributed by atoms with Gasteiger partial charge in [-0.2, -0.15) is 0 Å². The maximum atomic E-state index is 14.5. The van der Waals surface area contributed by atoms with Gasteiger partial charge in [-0.1, -0.05) is 75.8 Å². The summed E-state index contributed by atoms with van der Waals surface area (Å²) >= 11 is 0. The van der Waals surface area contributed by atoms with Crippen LogP contribution in [0.15, 0.2) is 42.5 Å². The average molecular weight is 826 g/mol. The molecule has 0 radical (unpaired) electrons. The quantitative estimate of drug-likeness (QED) is 0.0816. The number of aliphatic hydroxyl groups is 3. The molecule has 3 N–H and O–H groups in total. The molecule has 5 aliphatic carbocycles. The van der Waals surface area contributed by atoms with Gasteiger partial charge in [-0.15, -0.1) is 0 Å². The van der Waals surface area contributed by atoms with Crippen LogP contribution in [-0.2, 0) is 33.2 Å². The predicted molar refractivity (Wildman–Crippen MR) is 220 cm³/mol. The maximum Gasteiger partial charge on any atom is 0.338 e. The Hall–Kier alpha value is -2.42. The first kappa shape index (κ1) is 44.6. The Morgan fingerprint density at radius 3 is 2.19 bits per heavy atom. The zero-order valence-electron chi connectivity index (χ0n) is 36.3. The molecule has 1 aromatic carbocycles. The zero-order valence-corrected chi connectivity index (χ0v) is 36.3. The third-order valence-corrected chi connectivity index (χ3v) is 16.0. The molecule has 15 atom stereocenters. The van der Waals surface area contributed by atoms with Crippen LogP contribution in [0, 0.1) is 34.5 Å². The summed E-state index contributed by atoms with van der Waals surface area (Å²) in [6, 6.07) is 8.27. The van der Waals surface area contributed by atoms with Crippen LogP contribution in [0.4, 0.5) is 0 Å². The van der Waals surface area contributed by atoms with Crippen molar-refractivity contribution < 1.29 is 53.3 Å². The fraction of sp³-hybridized carbons (Fsp3) is 0.787. The molecule has 6 aliphatic rings. The molecule has 1 aliphatic heterocycles. The highest BCUT2D eigenvalue weighted by atomic mass is 16.6. The minimum Gasteiger partial charge on any atom is -0.455 e. The summed E-state index contributed by atoms with van der Waals surface area (Å²) in [5.74, 6) is -3.52.